The quantitative estimate of drug-likeness (QED) is 0.684. The fourth-order valence-corrected chi connectivity index (χ4v) is 1.26. The van der Waals surface area contributed by atoms with Gasteiger partial charge in [0.15, 0.2) is 0 Å². The van der Waals surface area contributed by atoms with Gasteiger partial charge in [-0.1, -0.05) is 0 Å². The molecule has 4 heteroatoms. The molecule has 9 heavy (non-hydrogen) atoms. The topological polar surface area (TPSA) is 38.3 Å². The first kappa shape index (κ1) is 7.27. The third-order valence-corrected chi connectivity index (χ3v) is 2.05. The molecule has 0 bridgehead atoms. The fraction of sp³-hybridized carbons (Fsp3) is 0.800. The number of piperidine rings is 1. The molecule has 1 heterocycles. The number of hydrogen-bond donors (Lipinski definition) is 1. The maximum absolute atomic E-state index is 10.6. The third kappa shape index (κ3) is 2.09. The predicted octanol–water partition coefficient (Wildman–Crippen LogP) is 0.632. The molecule has 0 saturated carbocycles. The van der Waals surface area contributed by atoms with Crippen LogP contribution in [0.3, 0.4) is 0 Å². The van der Waals surface area contributed by atoms with Gasteiger partial charge in [-0.15, -0.1) is 0 Å². The Hall–Kier alpha value is 0.160. The molecular weight excluding hydrogens is 233 g/mol. The Morgan fingerprint density at radius 1 is 1.78 bits per heavy atom. The second-order valence-electron chi connectivity index (χ2n) is 2.05. The van der Waals surface area contributed by atoms with E-state index in [9.17, 15) is 4.79 Å². The van der Waals surface area contributed by atoms with Crippen LogP contribution in [0, 0.1) is 0 Å². The van der Waals surface area contributed by atoms with Crippen LogP contribution >= 0.6 is 23.0 Å². The van der Waals surface area contributed by atoms with Crippen LogP contribution in [-0.4, -0.2) is 18.6 Å². The number of carbonyl (C=O) groups excluding carboxylic acids is 1. The lowest BCUT2D eigenvalue weighted by molar-refractivity contribution is -0.123. The van der Waals surface area contributed by atoms with Crippen molar-refractivity contribution >= 4 is 28.9 Å². The number of nitrogens with one attached hydrogen (secondary N) is 1. The van der Waals surface area contributed by atoms with Gasteiger partial charge in [-0.05, 0) is 6.42 Å². The van der Waals surface area contributed by atoms with Crippen LogP contribution in [0.4, 0.5) is 0 Å². The van der Waals surface area contributed by atoms with Crippen LogP contribution in [0.2, 0.25) is 0 Å². The monoisotopic (exact) mass is 241 g/mol. The molecule has 1 fully saturated rings. The minimum Gasteiger partial charge on any atom is -0.356 e. The highest BCUT2D eigenvalue weighted by molar-refractivity contribution is 14.1. The van der Waals surface area contributed by atoms with Crippen LogP contribution in [0.25, 0.3) is 0 Å². The van der Waals surface area contributed by atoms with Crippen LogP contribution in [-0.2, 0) is 7.86 Å². The Balaban J connectivity index is 2.32. The summed E-state index contributed by atoms with van der Waals surface area (Å²) in [6, 6.07) is 0. The first-order chi connectivity index (χ1) is 4.33. The molecule has 1 saturated heterocycles. The Morgan fingerprint density at radius 2 is 2.56 bits per heavy atom. The molecule has 0 aromatic heterocycles. The van der Waals surface area contributed by atoms with Crippen molar-refractivity contribution in [2.45, 2.75) is 18.9 Å². The van der Waals surface area contributed by atoms with Crippen LogP contribution in [0.5, 0.6) is 0 Å². The van der Waals surface area contributed by atoms with E-state index in [0.717, 1.165) is 13.0 Å². The summed E-state index contributed by atoms with van der Waals surface area (Å²) in [6.45, 7) is 0.756. The van der Waals surface area contributed by atoms with E-state index in [1.54, 1.807) is 0 Å². The highest BCUT2D eigenvalue weighted by Crippen LogP contribution is 2.10. The van der Waals surface area contributed by atoms with E-state index >= 15 is 0 Å². The Bertz CT molecular complexity index is 118. The Kier molecular flexibility index (Phi) is 2.71. The summed E-state index contributed by atoms with van der Waals surface area (Å²) >= 11 is 1.84. The van der Waals surface area contributed by atoms with Gasteiger partial charge < -0.3 is 8.38 Å². The number of carbonyl (C=O) groups is 1. The molecule has 1 aliphatic heterocycles. The fourth-order valence-electron chi connectivity index (χ4n) is 0.830. The Morgan fingerprint density at radius 3 is 3.00 bits per heavy atom. The smallest absolute Gasteiger partial charge is 0.222 e. The minimum atomic E-state index is 0.0999. The molecule has 0 aromatic carbocycles. The standard InChI is InChI=1S/C5H8INO2/c6-9-4-1-2-7-5(8)3-4/h4H,1-3H2,(H,7,8). The van der Waals surface area contributed by atoms with Gasteiger partial charge in [-0.3, -0.25) is 4.79 Å². The molecule has 1 unspecified atom stereocenters. The average Bonchev–Trinajstić information content (AvgIpc) is 1.88. The molecule has 1 amide bonds. The van der Waals surface area contributed by atoms with Gasteiger partial charge in [0.05, 0.1) is 12.5 Å². The molecule has 1 rings (SSSR count). The van der Waals surface area contributed by atoms with Crippen LogP contribution in [0.1, 0.15) is 12.8 Å². The first-order valence-corrected chi connectivity index (χ1v) is 3.75. The Labute approximate surface area is 67.8 Å². The van der Waals surface area contributed by atoms with Gasteiger partial charge in [-0.25, -0.2) is 0 Å². The summed E-state index contributed by atoms with van der Waals surface area (Å²) in [4.78, 5) is 10.6. The summed E-state index contributed by atoms with van der Waals surface area (Å²) in [5.41, 5.74) is 0. The molecule has 52 valence electrons. The van der Waals surface area contributed by atoms with E-state index in [4.69, 9.17) is 3.07 Å². The van der Waals surface area contributed by atoms with E-state index in [-0.39, 0.29) is 12.0 Å². The molecular formula is C5H8INO2. The second-order valence-corrected chi connectivity index (χ2v) is 2.56. The maximum Gasteiger partial charge on any atom is 0.222 e. The highest BCUT2D eigenvalue weighted by atomic mass is 127. The van der Waals surface area contributed by atoms with E-state index < -0.39 is 0 Å². The molecule has 3 nitrogen and oxygen atoms in total. The maximum atomic E-state index is 10.6. The van der Waals surface area contributed by atoms with Crippen molar-refractivity contribution in [2.24, 2.45) is 0 Å². The summed E-state index contributed by atoms with van der Waals surface area (Å²) in [5.74, 6) is 0.0999. The zero-order valence-corrected chi connectivity index (χ0v) is 7.05. The van der Waals surface area contributed by atoms with E-state index in [0.29, 0.717) is 6.42 Å². The zero-order valence-electron chi connectivity index (χ0n) is 4.89. The number of rotatable bonds is 1. The van der Waals surface area contributed by atoms with Gasteiger partial charge in [-0.2, -0.15) is 0 Å². The lowest BCUT2D eigenvalue weighted by Gasteiger charge is -2.18. The van der Waals surface area contributed by atoms with Crippen molar-refractivity contribution in [3.63, 3.8) is 0 Å². The SMILES string of the molecule is O=C1CC(OI)CCN1. The molecule has 1 aliphatic rings. The molecule has 1 atom stereocenters. The number of halogens is 1. The summed E-state index contributed by atoms with van der Waals surface area (Å²) in [7, 11) is 0. The lowest BCUT2D eigenvalue weighted by atomic mass is 10.1. The van der Waals surface area contributed by atoms with E-state index in [1.807, 2.05) is 23.0 Å². The summed E-state index contributed by atoms with van der Waals surface area (Å²) in [6.07, 6.45) is 1.59. The van der Waals surface area contributed by atoms with Crippen molar-refractivity contribution in [3.05, 3.63) is 0 Å². The van der Waals surface area contributed by atoms with Crippen molar-refractivity contribution in [3.8, 4) is 0 Å². The number of amides is 1. The number of hydrogen-bond acceptors (Lipinski definition) is 2. The zero-order chi connectivity index (χ0) is 6.69. The highest BCUT2D eigenvalue weighted by Gasteiger charge is 2.18. The lowest BCUT2D eigenvalue weighted by Crippen LogP contribution is -2.36. The van der Waals surface area contributed by atoms with Gasteiger partial charge >= 0.3 is 0 Å². The second kappa shape index (κ2) is 3.36. The van der Waals surface area contributed by atoms with E-state index in [2.05, 4.69) is 5.32 Å². The van der Waals surface area contributed by atoms with E-state index in [1.165, 1.54) is 0 Å². The van der Waals surface area contributed by atoms with Crippen LogP contribution in [0.15, 0.2) is 0 Å². The third-order valence-electron chi connectivity index (χ3n) is 1.33. The first-order valence-electron chi connectivity index (χ1n) is 2.87. The molecule has 0 aromatic rings. The molecule has 0 aliphatic carbocycles. The van der Waals surface area contributed by atoms with Gasteiger partial charge in [0.2, 0.25) is 5.91 Å². The van der Waals surface area contributed by atoms with Crippen molar-refractivity contribution in [2.75, 3.05) is 6.54 Å². The molecule has 1 N–H and O–H groups in total. The summed E-state index contributed by atoms with van der Waals surface area (Å²) in [5, 5.41) is 2.72. The van der Waals surface area contributed by atoms with Crippen molar-refractivity contribution in [1.82, 2.24) is 5.32 Å². The normalized spacial score (nSPS) is 27.7. The predicted molar refractivity (Wildman–Crippen MR) is 41.1 cm³/mol. The molecule has 0 radical (unpaired) electrons. The van der Waals surface area contributed by atoms with Crippen molar-refractivity contribution < 1.29 is 7.86 Å². The largest absolute Gasteiger partial charge is 0.356 e. The van der Waals surface area contributed by atoms with Gasteiger partial charge in [0, 0.05) is 6.54 Å². The minimum absolute atomic E-state index is 0.0999. The summed E-state index contributed by atoms with van der Waals surface area (Å²) < 4.78 is 4.97. The van der Waals surface area contributed by atoms with Gasteiger partial charge in [0.1, 0.15) is 23.0 Å². The van der Waals surface area contributed by atoms with Gasteiger partial charge in [0.25, 0.3) is 0 Å². The van der Waals surface area contributed by atoms with Crippen LogP contribution < -0.4 is 5.32 Å². The average molecular weight is 241 g/mol. The molecule has 0 spiro atoms. The van der Waals surface area contributed by atoms with Crippen molar-refractivity contribution in [1.29, 1.82) is 0 Å².